The number of esters is 2. The lowest BCUT2D eigenvalue weighted by atomic mass is 9.45. The largest absolute Gasteiger partial charge is 0.462 e. The van der Waals surface area contributed by atoms with Crippen LogP contribution in [-0.2, 0) is 28.7 Å². The third-order valence-corrected chi connectivity index (χ3v) is 17.1. The number of carbonyl (C=O) groups is 4. The Balaban J connectivity index is 0.978. The average Bonchev–Trinajstić information content (AvgIpc) is 3.53. The molecule has 262 valence electrons. The fourth-order valence-corrected chi connectivity index (χ4v) is 14.5. The first kappa shape index (κ1) is 32.9. The zero-order valence-electron chi connectivity index (χ0n) is 30.1. The molecule has 8 aliphatic rings. The van der Waals surface area contributed by atoms with Crippen LogP contribution in [0, 0.1) is 63.1 Å². The van der Waals surface area contributed by atoms with E-state index in [9.17, 15) is 19.2 Å². The van der Waals surface area contributed by atoms with E-state index < -0.39 is 0 Å². The van der Waals surface area contributed by atoms with Crippen LogP contribution in [-0.4, -0.2) is 35.7 Å². The van der Waals surface area contributed by atoms with Crippen LogP contribution < -0.4 is 0 Å². The second-order valence-corrected chi connectivity index (χ2v) is 18.7. The molecule has 13 atom stereocenters. The lowest BCUT2D eigenvalue weighted by molar-refractivity contribution is -0.164. The van der Waals surface area contributed by atoms with E-state index in [4.69, 9.17) is 9.47 Å². The van der Waals surface area contributed by atoms with Crippen molar-refractivity contribution < 1.29 is 28.7 Å². The molecule has 6 heteroatoms. The maximum Gasteiger partial charge on any atom is 0.306 e. The maximum absolute atomic E-state index is 14.1. The molecular formula is C42H58O6. The van der Waals surface area contributed by atoms with Gasteiger partial charge in [-0.15, -0.1) is 0 Å². The van der Waals surface area contributed by atoms with E-state index in [0.717, 1.165) is 83.5 Å². The molecule has 0 saturated heterocycles. The maximum atomic E-state index is 14.1. The molecule has 0 radical (unpaired) electrons. The van der Waals surface area contributed by atoms with Gasteiger partial charge in [-0.25, -0.2) is 0 Å². The average molecular weight is 659 g/mol. The minimum Gasteiger partial charge on any atom is -0.462 e. The van der Waals surface area contributed by atoms with Crippen molar-refractivity contribution in [1.82, 2.24) is 0 Å². The van der Waals surface area contributed by atoms with Crippen molar-refractivity contribution in [2.24, 2.45) is 63.1 Å². The van der Waals surface area contributed by atoms with E-state index in [1.807, 2.05) is 12.2 Å². The lowest BCUT2D eigenvalue weighted by Crippen LogP contribution is -2.54. The Labute approximate surface area is 287 Å². The molecule has 1 unspecified atom stereocenters. The van der Waals surface area contributed by atoms with Gasteiger partial charge < -0.3 is 9.47 Å². The normalized spacial score (nSPS) is 49.2. The summed E-state index contributed by atoms with van der Waals surface area (Å²) in [6, 6.07) is 0. The summed E-state index contributed by atoms with van der Waals surface area (Å²) in [6.07, 6.45) is 18.9. The SMILES string of the molecule is CC(=O)O[C@H]1CC[C@H]2[C@@H]3CCC4=CC(=O)CC(CC(=O)O[C@H]5CC[C@H]6[C@@H]7CCC8=CC(=O)CC[C@]8(C)[C@H]7CC[C@]56C)[C@]4(C)[C@H]3CC[C@]12C. The molecule has 8 rings (SSSR count). The van der Waals surface area contributed by atoms with Gasteiger partial charge in [0, 0.05) is 37.0 Å². The number of hydrogen-bond acceptors (Lipinski definition) is 6. The highest BCUT2D eigenvalue weighted by Crippen LogP contribution is 2.68. The van der Waals surface area contributed by atoms with Crippen LogP contribution in [0.4, 0.5) is 0 Å². The molecule has 6 saturated carbocycles. The van der Waals surface area contributed by atoms with Crippen LogP contribution in [0.5, 0.6) is 0 Å². The molecule has 0 N–H and O–H groups in total. The first-order valence-corrected chi connectivity index (χ1v) is 19.6. The molecule has 0 aromatic rings. The molecule has 6 fully saturated rings. The van der Waals surface area contributed by atoms with E-state index in [2.05, 4.69) is 27.7 Å². The van der Waals surface area contributed by atoms with Crippen LogP contribution in [0.15, 0.2) is 23.3 Å². The predicted octanol–water partition coefficient (Wildman–Crippen LogP) is 8.51. The Bertz CT molecular complexity index is 1470. The molecule has 8 aliphatic carbocycles. The standard InChI is InChI=1S/C42H58O6/c1-24(43)47-36-12-10-33-31-9-7-26-21-29(45)22-27(42(26,5)35(31)16-19-40(33,36)3)23-38(46)48-37-13-11-32-30-8-6-25-20-28(44)14-17-39(25,2)34(30)15-18-41(32,37)4/h20-21,27,30-37H,6-19,22-23H2,1-5H3/t27?,30-,31-,32-,33-,34-,35-,36-,37-,39-,40-,41-,42+/m0/s1. The zero-order chi connectivity index (χ0) is 33.8. The van der Waals surface area contributed by atoms with Gasteiger partial charge in [-0.1, -0.05) is 38.8 Å². The van der Waals surface area contributed by atoms with Gasteiger partial charge in [0.2, 0.25) is 0 Å². The molecule has 0 bridgehead atoms. The van der Waals surface area contributed by atoms with Crippen molar-refractivity contribution in [2.75, 3.05) is 0 Å². The van der Waals surface area contributed by atoms with Crippen LogP contribution in [0.25, 0.3) is 0 Å². The molecule has 0 amide bonds. The number of hydrogen-bond donors (Lipinski definition) is 0. The second-order valence-electron chi connectivity index (χ2n) is 18.7. The third kappa shape index (κ3) is 4.75. The van der Waals surface area contributed by atoms with Crippen LogP contribution in [0.2, 0.25) is 0 Å². The summed E-state index contributed by atoms with van der Waals surface area (Å²) in [7, 11) is 0. The quantitative estimate of drug-likeness (QED) is 0.282. The van der Waals surface area contributed by atoms with Gasteiger partial charge in [0.05, 0.1) is 0 Å². The third-order valence-electron chi connectivity index (χ3n) is 17.1. The molecular weight excluding hydrogens is 600 g/mol. The fourth-order valence-electron chi connectivity index (χ4n) is 14.5. The van der Waals surface area contributed by atoms with Crippen molar-refractivity contribution >= 4 is 23.5 Å². The van der Waals surface area contributed by atoms with Gasteiger partial charge in [0.25, 0.3) is 0 Å². The predicted molar refractivity (Wildman–Crippen MR) is 182 cm³/mol. The lowest BCUT2D eigenvalue weighted by Gasteiger charge is -2.60. The van der Waals surface area contributed by atoms with E-state index >= 15 is 0 Å². The Hall–Kier alpha value is -2.24. The fraction of sp³-hybridized carbons (Fsp3) is 0.810. The van der Waals surface area contributed by atoms with Crippen molar-refractivity contribution in [2.45, 2.75) is 150 Å². The minimum absolute atomic E-state index is 0.000950. The number of carbonyl (C=O) groups excluding carboxylic acids is 4. The molecule has 0 spiro atoms. The summed E-state index contributed by atoms with van der Waals surface area (Å²) in [5.74, 6) is 3.46. The summed E-state index contributed by atoms with van der Waals surface area (Å²) in [5.41, 5.74) is 2.65. The summed E-state index contributed by atoms with van der Waals surface area (Å²) in [6.45, 7) is 11.1. The summed E-state index contributed by atoms with van der Waals surface area (Å²) in [4.78, 5) is 51.4. The van der Waals surface area contributed by atoms with Crippen molar-refractivity contribution in [3.63, 3.8) is 0 Å². The van der Waals surface area contributed by atoms with Crippen molar-refractivity contribution in [3.8, 4) is 0 Å². The summed E-state index contributed by atoms with van der Waals surface area (Å²) < 4.78 is 12.5. The number of ketones is 2. The highest BCUT2D eigenvalue weighted by Gasteiger charge is 2.63. The van der Waals surface area contributed by atoms with Gasteiger partial charge in [-0.05, 0) is 148 Å². The molecule has 0 heterocycles. The Morgan fingerprint density at radius 2 is 1.25 bits per heavy atom. The first-order chi connectivity index (χ1) is 22.8. The molecule has 0 aliphatic heterocycles. The topological polar surface area (TPSA) is 86.7 Å². The molecule has 6 nitrogen and oxygen atoms in total. The number of ether oxygens (including phenoxy) is 2. The van der Waals surface area contributed by atoms with Crippen LogP contribution in [0.1, 0.15) is 137 Å². The van der Waals surface area contributed by atoms with Crippen molar-refractivity contribution in [1.29, 1.82) is 0 Å². The zero-order valence-corrected chi connectivity index (χ0v) is 30.1. The molecule has 48 heavy (non-hydrogen) atoms. The molecule has 0 aromatic carbocycles. The van der Waals surface area contributed by atoms with Crippen LogP contribution >= 0.6 is 0 Å². The number of fused-ring (bicyclic) bond motifs is 10. The number of allylic oxidation sites excluding steroid dienone is 2. The van der Waals surface area contributed by atoms with E-state index in [1.54, 1.807) is 0 Å². The van der Waals surface area contributed by atoms with E-state index in [1.165, 1.54) is 18.1 Å². The second kappa shape index (κ2) is 11.4. The van der Waals surface area contributed by atoms with Gasteiger partial charge in [-0.3, -0.25) is 19.2 Å². The van der Waals surface area contributed by atoms with Gasteiger partial charge >= 0.3 is 11.9 Å². The highest BCUT2D eigenvalue weighted by atomic mass is 16.5. The van der Waals surface area contributed by atoms with Gasteiger partial charge in [0.1, 0.15) is 12.2 Å². The Morgan fingerprint density at radius 1 is 0.667 bits per heavy atom. The number of rotatable bonds is 4. The van der Waals surface area contributed by atoms with E-state index in [-0.39, 0.29) is 57.5 Å². The van der Waals surface area contributed by atoms with Crippen LogP contribution in [0.3, 0.4) is 0 Å². The van der Waals surface area contributed by atoms with Gasteiger partial charge in [0.15, 0.2) is 11.6 Å². The van der Waals surface area contributed by atoms with E-state index in [0.29, 0.717) is 60.6 Å². The smallest absolute Gasteiger partial charge is 0.306 e. The minimum atomic E-state index is -0.180. The van der Waals surface area contributed by atoms with Crippen molar-refractivity contribution in [3.05, 3.63) is 23.3 Å². The highest BCUT2D eigenvalue weighted by molar-refractivity contribution is 5.92. The molecule has 0 aromatic heterocycles. The Kier molecular flexibility index (Phi) is 7.81. The Morgan fingerprint density at radius 3 is 1.92 bits per heavy atom. The monoisotopic (exact) mass is 658 g/mol. The summed E-state index contributed by atoms with van der Waals surface area (Å²) in [5, 5.41) is 0. The first-order valence-electron chi connectivity index (χ1n) is 19.6. The van der Waals surface area contributed by atoms with Gasteiger partial charge in [-0.2, -0.15) is 0 Å². The summed E-state index contributed by atoms with van der Waals surface area (Å²) >= 11 is 0.